The summed E-state index contributed by atoms with van der Waals surface area (Å²) in [6.45, 7) is 3.23. The molecule has 1 aliphatic heterocycles. The Balaban J connectivity index is 1.18. The van der Waals surface area contributed by atoms with Crippen molar-refractivity contribution in [3.8, 4) is 16.9 Å². The minimum absolute atomic E-state index is 0.177. The first-order chi connectivity index (χ1) is 17.7. The second-order valence-corrected chi connectivity index (χ2v) is 8.57. The molecule has 0 radical (unpaired) electrons. The molecule has 3 aromatic carbocycles. The molecule has 0 unspecified atom stereocenters. The number of rotatable bonds is 5. The van der Waals surface area contributed by atoms with Gasteiger partial charge in [0.15, 0.2) is 0 Å². The van der Waals surface area contributed by atoms with Gasteiger partial charge in [-0.05, 0) is 54.6 Å². The van der Waals surface area contributed by atoms with Crippen LogP contribution in [-0.2, 0) is 4.74 Å². The molecule has 1 amide bonds. The van der Waals surface area contributed by atoms with Crippen LogP contribution in [0.2, 0.25) is 0 Å². The first-order valence-corrected chi connectivity index (χ1v) is 11.8. The topological polar surface area (TPSA) is 85.2 Å². The zero-order chi connectivity index (χ0) is 24.3. The van der Waals surface area contributed by atoms with Crippen LogP contribution in [0.15, 0.2) is 91.4 Å². The molecule has 2 aromatic heterocycles. The lowest BCUT2D eigenvalue weighted by Crippen LogP contribution is -2.36. The number of hydrogen-bond donors (Lipinski definition) is 1. The van der Waals surface area contributed by atoms with Gasteiger partial charge in [-0.1, -0.05) is 18.2 Å². The summed E-state index contributed by atoms with van der Waals surface area (Å²) >= 11 is 0. The maximum Gasteiger partial charge on any atom is 0.255 e. The van der Waals surface area contributed by atoms with Crippen LogP contribution in [0, 0.1) is 0 Å². The summed E-state index contributed by atoms with van der Waals surface area (Å²) in [5.41, 5.74) is 6.49. The summed E-state index contributed by atoms with van der Waals surface area (Å²) in [5.74, 6) is -0.177. The number of carbonyl (C=O) groups is 1. The summed E-state index contributed by atoms with van der Waals surface area (Å²) < 4.78 is 7.15. The zero-order valence-electron chi connectivity index (χ0n) is 19.5. The number of para-hydroxylation sites is 2. The second-order valence-electron chi connectivity index (χ2n) is 8.57. The third-order valence-corrected chi connectivity index (χ3v) is 6.20. The lowest BCUT2D eigenvalue weighted by Gasteiger charge is -2.28. The van der Waals surface area contributed by atoms with Crippen LogP contribution in [-0.4, -0.2) is 52.0 Å². The molecular weight excluding hydrogens is 452 g/mol. The van der Waals surface area contributed by atoms with Crippen molar-refractivity contribution in [3.05, 3.63) is 97.0 Å². The lowest BCUT2D eigenvalue weighted by molar-refractivity contribution is 0.102. The van der Waals surface area contributed by atoms with Crippen LogP contribution >= 0.6 is 0 Å². The van der Waals surface area contributed by atoms with Crippen LogP contribution < -0.4 is 10.2 Å². The molecule has 178 valence electrons. The third-order valence-electron chi connectivity index (χ3n) is 6.20. The third kappa shape index (κ3) is 4.54. The fourth-order valence-corrected chi connectivity index (χ4v) is 4.26. The molecule has 0 saturated carbocycles. The van der Waals surface area contributed by atoms with E-state index in [0.717, 1.165) is 65.7 Å². The maximum atomic E-state index is 12.9. The minimum atomic E-state index is -0.177. The van der Waals surface area contributed by atoms with E-state index in [2.05, 4.69) is 20.3 Å². The first kappa shape index (κ1) is 21.9. The van der Waals surface area contributed by atoms with E-state index in [1.807, 2.05) is 72.9 Å². The Morgan fingerprint density at radius 3 is 2.50 bits per heavy atom. The van der Waals surface area contributed by atoms with Gasteiger partial charge >= 0.3 is 0 Å². The number of nitrogens with zero attached hydrogens (tertiary/aromatic N) is 5. The van der Waals surface area contributed by atoms with Crippen molar-refractivity contribution >= 4 is 28.3 Å². The number of nitrogens with one attached hydrogen (secondary N) is 1. The summed E-state index contributed by atoms with van der Waals surface area (Å²) in [4.78, 5) is 24.4. The van der Waals surface area contributed by atoms with Crippen LogP contribution in [0.5, 0.6) is 0 Å². The van der Waals surface area contributed by atoms with Crippen LogP contribution in [0.3, 0.4) is 0 Å². The fraction of sp³-hybridized carbons (Fsp3) is 0.143. The fourth-order valence-electron chi connectivity index (χ4n) is 4.26. The molecule has 0 spiro atoms. The molecule has 1 N–H and O–H groups in total. The van der Waals surface area contributed by atoms with E-state index in [9.17, 15) is 4.79 Å². The van der Waals surface area contributed by atoms with Gasteiger partial charge in [-0.2, -0.15) is 5.10 Å². The average molecular weight is 477 g/mol. The Labute approximate surface area is 208 Å². The van der Waals surface area contributed by atoms with Gasteiger partial charge in [0.1, 0.15) is 0 Å². The van der Waals surface area contributed by atoms with Gasteiger partial charge in [0.25, 0.3) is 5.91 Å². The lowest BCUT2D eigenvalue weighted by atomic mass is 10.1. The molecule has 0 atom stereocenters. The SMILES string of the molecule is O=C(Nc1ccc(N2CCOCC2)cc1)c1cccc(-n2cc(-c3cnc4ccccc4n3)cn2)c1. The molecular formula is C28H24N6O2. The number of carbonyl (C=O) groups excluding carboxylic acids is 1. The number of fused-ring (bicyclic) bond motifs is 1. The summed E-state index contributed by atoms with van der Waals surface area (Å²) in [5, 5.41) is 7.47. The Hall–Kier alpha value is -4.56. The van der Waals surface area contributed by atoms with Gasteiger partial charge in [-0.15, -0.1) is 0 Å². The number of amides is 1. The van der Waals surface area contributed by atoms with Gasteiger partial charge in [0, 0.05) is 41.8 Å². The first-order valence-electron chi connectivity index (χ1n) is 11.8. The number of ether oxygens (including phenoxy) is 1. The van der Waals surface area contributed by atoms with Crippen LogP contribution in [0.25, 0.3) is 28.0 Å². The quantitative estimate of drug-likeness (QED) is 0.400. The molecule has 3 heterocycles. The smallest absolute Gasteiger partial charge is 0.255 e. The number of anilines is 2. The molecule has 0 aliphatic carbocycles. The summed E-state index contributed by atoms with van der Waals surface area (Å²) in [7, 11) is 0. The Morgan fingerprint density at radius 2 is 1.67 bits per heavy atom. The highest BCUT2D eigenvalue weighted by atomic mass is 16.5. The molecule has 36 heavy (non-hydrogen) atoms. The Bertz CT molecular complexity index is 1520. The van der Waals surface area contributed by atoms with Gasteiger partial charge < -0.3 is 15.0 Å². The monoisotopic (exact) mass is 476 g/mol. The number of aromatic nitrogens is 4. The predicted octanol–water partition coefficient (Wildman–Crippen LogP) is 4.57. The van der Waals surface area contributed by atoms with Crippen molar-refractivity contribution in [1.82, 2.24) is 19.7 Å². The highest BCUT2D eigenvalue weighted by Crippen LogP contribution is 2.22. The van der Waals surface area contributed by atoms with Crippen molar-refractivity contribution < 1.29 is 9.53 Å². The molecule has 1 aliphatic rings. The zero-order valence-corrected chi connectivity index (χ0v) is 19.5. The molecule has 1 fully saturated rings. The largest absolute Gasteiger partial charge is 0.378 e. The highest BCUT2D eigenvalue weighted by Gasteiger charge is 2.13. The average Bonchev–Trinajstić information content (AvgIpc) is 3.44. The van der Waals surface area contributed by atoms with Crippen molar-refractivity contribution in [2.75, 3.05) is 36.5 Å². The van der Waals surface area contributed by atoms with Crippen molar-refractivity contribution in [3.63, 3.8) is 0 Å². The van der Waals surface area contributed by atoms with E-state index in [-0.39, 0.29) is 5.91 Å². The molecule has 8 heteroatoms. The highest BCUT2D eigenvalue weighted by molar-refractivity contribution is 6.04. The number of benzene rings is 3. The van der Waals surface area contributed by atoms with E-state index in [1.165, 1.54) is 0 Å². The molecule has 0 bridgehead atoms. The van der Waals surface area contributed by atoms with Crippen molar-refractivity contribution in [2.24, 2.45) is 0 Å². The van der Waals surface area contributed by atoms with Gasteiger partial charge in [0.2, 0.25) is 0 Å². The molecule has 8 nitrogen and oxygen atoms in total. The molecule has 1 saturated heterocycles. The number of hydrogen-bond acceptors (Lipinski definition) is 6. The van der Waals surface area contributed by atoms with E-state index in [0.29, 0.717) is 5.56 Å². The van der Waals surface area contributed by atoms with Gasteiger partial charge in [-0.25, -0.2) is 9.67 Å². The van der Waals surface area contributed by atoms with Gasteiger partial charge in [0.05, 0.1) is 48.0 Å². The van der Waals surface area contributed by atoms with Crippen molar-refractivity contribution in [2.45, 2.75) is 0 Å². The van der Waals surface area contributed by atoms with E-state index in [4.69, 9.17) is 9.72 Å². The summed E-state index contributed by atoms with van der Waals surface area (Å²) in [6, 6.07) is 23.0. The summed E-state index contributed by atoms with van der Waals surface area (Å²) in [6.07, 6.45) is 5.39. The Kier molecular flexibility index (Phi) is 5.85. The normalized spacial score (nSPS) is 13.6. The minimum Gasteiger partial charge on any atom is -0.378 e. The molecule has 5 aromatic rings. The second kappa shape index (κ2) is 9.59. The van der Waals surface area contributed by atoms with E-state index in [1.54, 1.807) is 23.1 Å². The van der Waals surface area contributed by atoms with Crippen molar-refractivity contribution in [1.29, 1.82) is 0 Å². The van der Waals surface area contributed by atoms with Crippen LogP contribution in [0.1, 0.15) is 10.4 Å². The molecule has 6 rings (SSSR count). The van der Waals surface area contributed by atoms with E-state index < -0.39 is 0 Å². The Morgan fingerprint density at radius 1 is 0.861 bits per heavy atom. The predicted molar refractivity (Wildman–Crippen MR) is 140 cm³/mol. The number of morpholine rings is 1. The maximum absolute atomic E-state index is 12.9. The van der Waals surface area contributed by atoms with Crippen LogP contribution in [0.4, 0.5) is 11.4 Å². The van der Waals surface area contributed by atoms with E-state index >= 15 is 0 Å². The standard InChI is InChI=1S/C28H24N6O2/c35-28(31-22-8-10-23(11-9-22)33-12-14-36-15-13-33)20-4-3-5-24(16-20)34-19-21(17-30-34)27-18-29-25-6-1-2-7-26(25)32-27/h1-11,16-19H,12-15H2,(H,31,35). The van der Waals surface area contributed by atoms with Gasteiger partial charge in [-0.3, -0.25) is 9.78 Å².